The molecule has 0 radical (unpaired) electrons. The third-order valence-electron chi connectivity index (χ3n) is 5.63. The van der Waals surface area contributed by atoms with Crippen LogP contribution in [0.2, 0.25) is 0 Å². The number of fused-ring (bicyclic) bond motifs is 2. The molecular formula is C19H27NO2. The van der Waals surface area contributed by atoms with Crippen LogP contribution in [0, 0.1) is 0 Å². The fourth-order valence-corrected chi connectivity index (χ4v) is 4.34. The highest BCUT2D eigenvalue weighted by Crippen LogP contribution is 2.37. The molecule has 120 valence electrons. The van der Waals surface area contributed by atoms with Gasteiger partial charge in [-0.25, -0.2) is 0 Å². The van der Waals surface area contributed by atoms with Gasteiger partial charge in [-0.05, 0) is 75.0 Å². The van der Waals surface area contributed by atoms with E-state index in [0.29, 0.717) is 12.1 Å². The Bertz CT molecular complexity index is 534. The zero-order valence-corrected chi connectivity index (χ0v) is 13.3. The summed E-state index contributed by atoms with van der Waals surface area (Å²) >= 11 is 0. The highest BCUT2D eigenvalue weighted by molar-refractivity contribution is 5.46. The predicted octanol–water partition coefficient (Wildman–Crippen LogP) is 3.28. The van der Waals surface area contributed by atoms with Crippen LogP contribution in [0.4, 0.5) is 0 Å². The molecule has 22 heavy (non-hydrogen) atoms. The van der Waals surface area contributed by atoms with Crippen LogP contribution in [0.3, 0.4) is 0 Å². The fraction of sp³-hybridized carbons (Fsp3) is 0.684. The summed E-state index contributed by atoms with van der Waals surface area (Å²) in [6.07, 6.45) is 10.0. The molecule has 1 unspecified atom stereocenters. The Labute approximate surface area is 133 Å². The van der Waals surface area contributed by atoms with Gasteiger partial charge < -0.3 is 15.2 Å². The number of rotatable bonds is 2. The summed E-state index contributed by atoms with van der Waals surface area (Å²) < 4.78 is 6.03. The van der Waals surface area contributed by atoms with Crippen molar-refractivity contribution in [3.8, 4) is 5.75 Å². The Hall–Kier alpha value is -1.06. The van der Waals surface area contributed by atoms with Crippen LogP contribution in [0.1, 0.15) is 67.7 Å². The SMILES string of the molecule is OC1CCC(NC2CCCOc3cc4c(cc32)CCC4)CC1. The van der Waals surface area contributed by atoms with Gasteiger partial charge in [0.1, 0.15) is 5.75 Å². The number of nitrogens with one attached hydrogen (secondary N) is 1. The lowest BCUT2D eigenvalue weighted by atomic mass is 9.90. The Morgan fingerprint density at radius 3 is 2.55 bits per heavy atom. The van der Waals surface area contributed by atoms with Crippen LogP contribution in [0.5, 0.6) is 5.75 Å². The van der Waals surface area contributed by atoms with E-state index in [9.17, 15) is 5.11 Å². The molecule has 1 atom stereocenters. The maximum atomic E-state index is 9.69. The van der Waals surface area contributed by atoms with Crippen LogP contribution in [0.15, 0.2) is 12.1 Å². The summed E-state index contributed by atoms with van der Waals surface area (Å²) in [6.45, 7) is 0.841. The molecule has 1 saturated carbocycles. The highest BCUT2D eigenvalue weighted by atomic mass is 16.5. The van der Waals surface area contributed by atoms with Gasteiger partial charge in [0.15, 0.2) is 0 Å². The van der Waals surface area contributed by atoms with Crippen molar-refractivity contribution in [3.63, 3.8) is 0 Å². The second-order valence-corrected chi connectivity index (χ2v) is 7.23. The Morgan fingerprint density at radius 2 is 1.73 bits per heavy atom. The van der Waals surface area contributed by atoms with Crippen molar-refractivity contribution in [2.45, 2.75) is 76.0 Å². The van der Waals surface area contributed by atoms with Gasteiger partial charge in [-0.3, -0.25) is 0 Å². The first-order valence-electron chi connectivity index (χ1n) is 9.02. The molecule has 3 nitrogen and oxygen atoms in total. The monoisotopic (exact) mass is 301 g/mol. The second-order valence-electron chi connectivity index (χ2n) is 7.23. The van der Waals surface area contributed by atoms with E-state index >= 15 is 0 Å². The van der Waals surface area contributed by atoms with E-state index in [2.05, 4.69) is 17.4 Å². The van der Waals surface area contributed by atoms with Gasteiger partial charge in [0.25, 0.3) is 0 Å². The lowest BCUT2D eigenvalue weighted by Crippen LogP contribution is -2.37. The van der Waals surface area contributed by atoms with E-state index in [1.807, 2.05) is 0 Å². The summed E-state index contributed by atoms with van der Waals surface area (Å²) in [4.78, 5) is 0. The third kappa shape index (κ3) is 2.89. The zero-order chi connectivity index (χ0) is 14.9. The molecule has 0 bridgehead atoms. The van der Waals surface area contributed by atoms with Gasteiger partial charge in [-0.15, -0.1) is 0 Å². The van der Waals surface area contributed by atoms with Crippen LogP contribution >= 0.6 is 0 Å². The highest BCUT2D eigenvalue weighted by Gasteiger charge is 2.27. The quantitative estimate of drug-likeness (QED) is 0.881. The molecule has 3 heteroatoms. The van der Waals surface area contributed by atoms with Crippen molar-refractivity contribution < 1.29 is 9.84 Å². The van der Waals surface area contributed by atoms with Crippen molar-refractivity contribution in [1.82, 2.24) is 5.32 Å². The lowest BCUT2D eigenvalue weighted by Gasteiger charge is -2.30. The number of aliphatic hydroxyl groups is 1. The second kappa shape index (κ2) is 6.21. The first-order chi connectivity index (χ1) is 10.8. The molecule has 2 N–H and O–H groups in total. The average Bonchev–Trinajstić information content (AvgIpc) is 2.90. The summed E-state index contributed by atoms with van der Waals surface area (Å²) in [5, 5.41) is 13.6. The van der Waals surface area contributed by atoms with Gasteiger partial charge in [-0.1, -0.05) is 6.07 Å². The molecule has 1 fully saturated rings. The van der Waals surface area contributed by atoms with Crippen LogP contribution in [-0.4, -0.2) is 23.9 Å². The van der Waals surface area contributed by atoms with Gasteiger partial charge in [0.05, 0.1) is 12.7 Å². The van der Waals surface area contributed by atoms with E-state index in [1.54, 1.807) is 0 Å². The number of hydrogen-bond donors (Lipinski definition) is 2. The molecule has 0 aromatic heterocycles. The summed E-state index contributed by atoms with van der Waals surface area (Å²) in [6, 6.07) is 5.69. The number of aryl methyl sites for hydroxylation is 2. The minimum Gasteiger partial charge on any atom is -0.493 e. The van der Waals surface area contributed by atoms with Crippen LogP contribution in [-0.2, 0) is 12.8 Å². The predicted molar refractivity (Wildman–Crippen MR) is 87.3 cm³/mol. The minimum atomic E-state index is -0.0777. The minimum absolute atomic E-state index is 0.0777. The van der Waals surface area contributed by atoms with Crippen molar-refractivity contribution >= 4 is 0 Å². The summed E-state index contributed by atoms with van der Waals surface area (Å²) in [5.74, 6) is 1.12. The van der Waals surface area contributed by atoms with Gasteiger partial charge in [0, 0.05) is 17.6 Å². The summed E-state index contributed by atoms with van der Waals surface area (Å²) in [5.41, 5.74) is 4.42. The molecule has 0 saturated heterocycles. The molecule has 1 aromatic rings. The Morgan fingerprint density at radius 1 is 0.955 bits per heavy atom. The molecular weight excluding hydrogens is 274 g/mol. The molecule has 3 aliphatic rings. The average molecular weight is 301 g/mol. The maximum absolute atomic E-state index is 9.69. The summed E-state index contributed by atoms with van der Waals surface area (Å²) in [7, 11) is 0. The van der Waals surface area contributed by atoms with Crippen molar-refractivity contribution in [3.05, 3.63) is 28.8 Å². The number of hydrogen-bond acceptors (Lipinski definition) is 3. The molecule has 0 amide bonds. The Kier molecular flexibility index (Phi) is 4.10. The number of aliphatic hydroxyl groups excluding tert-OH is 1. The standard InChI is InChI=1S/C19H27NO2/c21-16-8-6-15(7-9-16)20-18-5-2-10-22-19-12-14-4-1-3-13(14)11-17(18)19/h11-12,15-16,18,20-21H,1-10H2. The maximum Gasteiger partial charge on any atom is 0.124 e. The van der Waals surface area contributed by atoms with Crippen LogP contribution in [0.25, 0.3) is 0 Å². The molecule has 1 heterocycles. The molecule has 1 aliphatic heterocycles. The van der Waals surface area contributed by atoms with E-state index < -0.39 is 0 Å². The molecule has 1 aromatic carbocycles. The number of ether oxygens (including phenoxy) is 1. The fourth-order valence-electron chi connectivity index (χ4n) is 4.34. The molecule has 2 aliphatic carbocycles. The van der Waals surface area contributed by atoms with Crippen molar-refractivity contribution in [2.24, 2.45) is 0 Å². The zero-order valence-electron chi connectivity index (χ0n) is 13.3. The molecule has 0 spiro atoms. The topological polar surface area (TPSA) is 41.5 Å². The third-order valence-corrected chi connectivity index (χ3v) is 5.63. The largest absolute Gasteiger partial charge is 0.493 e. The van der Waals surface area contributed by atoms with E-state index in [-0.39, 0.29) is 6.10 Å². The van der Waals surface area contributed by atoms with Gasteiger partial charge in [-0.2, -0.15) is 0 Å². The Balaban J connectivity index is 1.56. The van der Waals surface area contributed by atoms with E-state index in [0.717, 1.165) is 50.9 Å². The van der Waals surface area contributed by atoms with Crippen molar-refractivity contribution in [1.29, 1.82) is 0 Å². The lowest BCUT2D eigenvalue weighted by molar-refractivity contribution is 0.114. The van der Waals surface area contributed by atoms with E-state index in [1.165, 1.54) is 36.0 Å². The van der Waals surface area contributed by atoms with Crippen molar-refractivity contribution in [2.75, 3.05) is 6.61 Å². The van der Waals surface area contributed by atoms with Gasteiger partial charge >= 0.3 is 0 Å². The molecule has 4 rings (SSSR count). The van der Waals surface area contributed by atoms with E-state index in [4.69, 9.17) is 4.74 Å². The first-order valence-corrected chi connectivity index (χ1v) is 9.02. The number of benzene rings is 1. The first kappa shape index (κ1) is 14.5. The normalized spacial score (nSPS) is 31.0. The van der Waals surface area contributed by atoms with Crippen LogP contribution < -0.4 is 10.1 Å². The van der Waals surface area contributed by atoms with Gasteiger partial charge in [0.2, 0.25) is 0 Å². The smallest absolute Gasteiger partial charge is 0.124 e.